The maximum Gasteiger partial charge on any atom is 0.147 e. The highest BCUT2D eigenvalue weighted by molar-refractivity contribution is 6.31. The average Bonchev–Trinajstić information content (AvgIpc) is 2.67. The van der Waals surface area contributed by atoms with E-state index in [1.165, 1.54) is 0 Å². The van der Waals surface area contributed by atoms with Crippen LogP contribution in [-0.4, -0.2) is 34.6 Å². The fourth-order valence-corrected chi connectivity index (χ4v) is 3.29. The molecule has 0 radical (unpaired) electrons. The van der Waals surface area contributed by atoms with Crippen LogP contribution in [0.4, 0.5) is 5.82 Å². The molecule has 5 nitrogen and oxygen atoms in total. The minimum absolute atomic E-state index is 0.522. The number of ether oxygens (including phenoxy) is 1. The zero-order valence-corrected chi connectivity index (χ0v) is 14.6. The number of pyridine rings is 1. The summed E-state index contributed by atoms with van der Waals surface area (Å²) < 4.78 is 5.86. The van der Waals surface area contributed by atoms with Crippen molar-refractivity contribution >= 4 is 28.5 Å². The van der Waals surface area contributed by atoms with E-state index in [4.69, 9.17) is 21.3 Å². The topological polar surface area (TPSA) is 51.1 Å². The van der Waals surface area contributed by atoms with Gasteiger partial charge in [0.15, 0.2) is 0 Å². The number of nitrogens with zero attached hydrogens (tertiary/aromatic N) is 4. The van der Waals surface area contributed by atoms with Gasteiger partial charge in [-0.1, -0.05) is 23.7 Å². The van der Waals surface area contributed by atoms with Crippen LogP contribution in [0.2, 0.25) is 5.02 Å². The molecule has 0 spiro atoms. The van der Waals surface area contributed by atoms with Crippen molar-refractivity contribution in [3.8, 4) is 5.75 Å². The molecule has 0 aliphatic carbocycles. The first-order valence-electron chi connectivity index (χ1n) is 8.48. The van der Waals surface area contributed by atoms with Gasteiger partial charge in [0.2, 0.25) is 0 Å². The molecule has 0 bridgehead atoms. The average molecular weight is 355 g/mol. The van der Waals surface area contributed by atoms with E-state index in [0.717, 1.165) is 42.8 Å². The second-order valence-electron chi connectivity index (χ2n) is 6.26. The van der Waals surface area contributed by atoms with E-state index in [1.807, 2.05) is 36.5 Å². The van der Waals surface area contributed by atoms with Crippen molar-refractivity contribution in [2.24, 2.45) is 5.92 Å². The Morgan fingerprint density at radius 2 is 1.88 bits per heavy atom. The zero-order chi connectivity index (χ0) is 17.1. The number of fused-ring (bicyclic) bond motifs is 1. The molecule has 3 aromatic rings. The Bertz CT molecular complexity index is 865. The van der Waals surface area contributed by atoms with Crippen LogP contribution in [0.25, 0.3) is 11.0 Å². The summed E-state index contributed by atoms with van der Waals surface area (Å²) in [5.41, 5.74) is 1.88. The molecule has 1 fully saturated rings. The molecular weight excluding hydrogens is 336 g/mol. The number of rotatable bonds is 4. The standard InChI is InChI=1S/C19H19ClN4O/c20-15-11-21-8-5-18(15)25-13-14-6-9-24(10-7-14)19-12-22-16-3-1-2-4-17(16)23-19/h1-5,8,11-12,14H,6-7,9-10,13H2. The van der Waals surface area contributed by atoms with Crippen LogP contribution in [0.1, 0.15) is 12.8 Å². The van der Waals surface area contributed by atoms with E-state index in [1.54, 1.807) is 12.4 Å². The SMILES string of the molecule is Clc1cnccc1OCC1CCN(c2cnc3ccccc3n2)CC1. The Kier molecular flexibility index (Phi) is 4.65. The smallest absolute Gasteiger partial charge is 0.147 e. The molecule has 0 atom stereocenters. The van der Waals surface area contributed by atoms with Gasteiger partial charge in [-0.2, -0.15) is 0 Å². The van der Waals surface area contributed by atoms with Crippen molar-refractivity contribution < 1.29 is 4.74 Å². The van der Waals surface area contributed by atoms with Gasteiger partial charge < -0.3 is 9.64 Å². The van der Waals surface area contributed by atoms with Gasteiger partial charge in [0.05, 0.1) is 23.8 Å². The molecule has 3 heterocycles. The predicted octanol–water partition coefficient (Wildman–Crippen LogP) is 3.97. The van der Waals surface area contributed by atoms with Gasteiger partial charge in [0.1, 0.15) is 16.6 Å². The summed E-state index contributed by atoms with van der Waals surface area (Å²) in [5, 5.41) is 0.561. The maximum atomic E-state index is 6.08. The molecule has 4 rings (SSSR count). The summed E-state index contributed by atoms with van der Waals surface area (Å²) in [4.78, 5) is 15.5. The van der Waals surface area contributed by atoms with Crippen molar-refractivity contribution in [3.05, 3.63) is 53.9 Å². The lowest BCUT2D eigenvalue weighted by Gasteiger charge is -2.32. The number of anilines is 1. The van der Waals surface area contributed by atoms with Crippen LogP contribution in [0, 0.1) is 5.92 Å². The summed E-state index contributed by atoms with van der Waals surface area (Å²) in [6.07, 6.45) is 7.31. The fraction of sp³-hybridized carbons (Fsp3) is 0.316. The third-order valence-corrected chi connectivity index (χ3v) is 4.87. The Morgan fingerprint density at radius 3 is 2.68 bits per heavy atom. The fourth-order valence-electron chi connectivity index (χ4n) is 3.12. The number of piperidine rings is 1. The van der Waals surface area contributed by atoms with Crippen molar-refractivity contribution in [1.29, 1.82) is 0 Å². The molecule has 128 valence electrons. The van der Waals surface area contributed by atoms with Crippen LogP contribution in [0.15, 0.2) is 48.9 Å². The number of para-hydroxylation sites is 2. The molecule has 1 saturated heterocycles. The van der Waals surface area contributed by atoms with Gasteiger partial charge in [-0.25, -0.2) is 4.98 Å². The lowest BCUT2D eigenvalue weighted by molar-refractivity contribution is 0.222. The van der Waals surface area contributed by atoms with E-state index in [-0.39, 0.29) is 0 Å². The zero-order valence-electron chi connectivity index (χ0n) is 13.8. The van der Waals surface area contributed by atoms with Gasteiger partial charge in [0, 0.05) is 31.5 Å². The third-order valence-electron chi connectivity index (χ3n) is 4.58. The van der Waals surface area contributed by atoms with Crippen LogP contribution in [-0.2, 0) is 0 Å². The molecular formula is C19H19ClN4O. The number of halogens is 1. The summed E-state index contributed by atoms with van der Waals surface area (Å²) in [5.74, 6) is 2.18. The lowest BCUT2D eigenvalue weighted by Crippen LogP contribution is -2.36. The molecule has 6 heteroatoms. The third kappa shape index (κ3) is 3.66. The molecule has 0 amide bonds. The van der Waals surface area contributed by atoms with Gasteiger partial charge in [-0.05, 0) is 30.9 Å². The normalized spacial score (nSPS) is 15.5. The second kappa shape index (κ2) is 7.23. The first-order valence-corrected chi connectivity index (χ1v) is 8.86. The largest absolute Gasteiger partial charge is 0.492 e. The van der Waals surface area contributed by atoms with Gasteiger partial charge in [-0.3, -0.25) is 9.97 Å². The second-order valence-corrected chi connectivity index (χ2v) is 6.67. The van der Waals surface area contributed by atoms with Crippen LogP contribution >= 0.6 is 11.6 Å². The summed E-state index contributed by atoms with van der Waals surface area (Å²) >= 11 is 6.08. The van der Waals surface area contributed by atoms with E-state index in [2.05, 4.69) is 14.9 Å². The molecule has 1 aliphatic rings. The highest BCUT2D eigenvalue weighted by Gasteiger charge is 2.21. The summed E-state index contributed by atoms with van der Waals surface area (Å²) in [6, 6.07) is 9.78. The molecule has 25 heavy (non-hydrogen) atoms. The maximum absolute atomic E-state index is 6.08. The van der Waals surface area contributed by atoms with E-state index < -0.39 is 0 Å². The van der Waals surface area contributed by atoms with Crippen LogP contribution < -0.4 is 9.64 Å². The Balaban J connectivity index is 1.35. The molecule has 0 saturated carbocycles. The first kappa shape index (κ1) is 16.1. The molecule has 0 unspecified atom stereocenters. The number of hydrogen-bond acceptors (Lipinski definition) is 5. The van der Waals surface area contributed by atoms with Gasteiger partial charge in [-0.15, -0.1) is 0 Å². The van der Waals surface area contributed by atoms with Gasteiger partial charge >= 0.3 is 0 Å². The van der Waals surface area contributed by atoms with Crippen molar-refractivity contribution in [1.82, 2.24) is 15.0 Å². The van der Waals surface area contributed by atoms with Crippen molar-refractivity contribution in [2.75, 3.05) is 24.6 Å². The molecule has 2 aromatic heterocycles. The van der Waals surface area contributed by atoms with Crippen LogP contribution in [0.5, 0.6) is 5.75 Å². The predicted molar refractivity (Wildman–Crippen MR) is 99.2 cm³/mol. The Labute approximate surface area is 151 Å². The van der Waals surface area contributed by atoms with E-state index >= 15 is 0 Å². The lowest BCUT2D eigenvalue weighted by atomic mass is 9.98. The highest BCUT2D eigenvalue weighted by Crippen LogP contribution is 2.26. The number of aromatic nitrogens is 3. The minimum Gasteiger partial charge on any atom is -0.492 e. The Morgan fingerprint density at radius 1 is 1.08 bits per heavy atom. The molecule has 1 aromatic carbocycles. The van der Waals surface area contributed by atoms with E-state index in [0.29, 0.717) is 23.3 Å². The van der Waals surface area contributed by atoms with E-state index in [9.17, 15) is 0 Å². The molecule has 0 N–H and O–H groups in total. The molecule has 1 aliphatic heterocycles. The summed E-state index contributed by atoms with van der Waals surface area (Å²) in [7, 11) is 0. The number of hydrogen-bond donors (Lipinski definition) is 0. The first-order chi connectivity index (χ1) is 12.3. The quantitative estimate of drug-likeness (QED) is 0.709. The van der Waals surface area contributed by atoms with Crippen molar-refractivity contribution in [2.45, 2.75) is 12.8 Å². The van der Waals surface area contributed by atoms with Gasteiger partial charge in [0.25, 0.3) is 0 Å². The van der Waals surface area contributed by atoms with Crippen LogP contribution in [0.3, 0.4) is 0 Å². The summed E-state index contributed by atoms with van der Waals surface area (Å²) in [6.45, 7) is 2.61. The monoisotopic (exact) mass is 354 g/mol. The van der Waals surface area contributed by atoms with Crippen molar-refractivity contribution in [3.63, 3.8) is 0 Å². The highest BCUT2D eigenvalue weighted by atomic mass is 35.5. The minimum atomic E-state index is 0.522. The number of benzene rings is 1. The Hall–Kier alpha value is -2.40.